The summed E-state index contributed by atoms with van der Waals surface area (Å²) in [6.07, 6.45) is 8.59. The SMILES string of the molecule is CCN(CC)C(=O)CN1CCC2(C/C=C\C[C@@H]3COCC[C@@H]3NC(=O)[C@@H](CC(C)C)NC2=O)CC1. The number of carbonyl (C=O) groups is 3. The first kappa shape index (κ1) is 27.7. The van der Waals surface area contributed by atoms with Gasteiger partial charge in [-0.25, -0.2) is 0 Å². The van der Waals surface area contributed by atoms with Gasteiger partial charge in [-0.05, 0) is 71.4 Å². The van der Waals surface area contributed by atoms with Gasteiger partial charge in [0.1, 0.15) is 6.04 Å². The molecule has 0 aromatic carbocycles. The average molecular weight is 491 g/mol. The van der Waals surface area contributed by atoms with E-state index in [1.807, 2.05) is 18.7 Å². The third-order valence-corrected chi connectivity index (χ3v) is 8.01. The maximum Gasteiger partial charge on any atom is 0.242 e. The number of hydrogen-bond donors (Lipinski definition) is 2. The number of amides is 3. The maximum absolute atomic E-state index is 13.7. The van der Waals surface area contributed by atoms with Crippen molar-refractivity contribution in [3.8, 4) is 0 Å². The van der Waals surface area contributed by atoms with Gasteiger partial charge in [-0.3, -0.25) is 19.3 Å². The van der Waals surface area contributed by atoms with E-state index in [4.69, 9.17) is 4.74 Å². The Morgan fingerprint density at radius 3 is 2.54 bits per heavy atom. The molecule has 1 spiro atoms. The van der Waals surface area contributed by atoms with E-state index in [2.05, 4.69) is 41.5 Å². The van der Waals surface area contributed by atoms with Crippen LogP contribution in [0.1, 0.15) is 66.2 Å². The van der Waals surface area contributed by atoms with Crippen molar-refractivity contribution >= 4 is 17.7 Å². The number of hydrogen-bond acceptors (Lipinski definition) is 5. The fourth-order valence-corrected chi connectivity index (χ4v) is 5.63. The van der Waals surface area contributed by atoms with Crippen molar-refractivity contribution in [2.75, 3.05) is 45.9 Å². The molecule has 3 aliphatic rings. The Hall–Kier alpha value is -1.93. The number of likely N-dealkylation sites (N-methyl/N-ethyl adjacent to an activating group) is 1. The Morgan fingerprint density at radius 2 is 1.89 bits per heavy atom. The van der Waals surface area contributed by atoms with E-state index in [0.717, 1.165) is 12.8 Å². The summed E-state index contributed by atoms with van der Waals surface area (Å²) >= 11 is 0. The molecule has 2 N–H and O–H groups in total. The molecule has 198 valence electrons. The molecule has 3 heterocycles. The molecule has 8 heteroatoms. The van der Waals surface area contributed by atoms with Crippen LogP contribution >= 0.6 is 0 Å². The fraction of sp³-hybridized carbons (Fsp3) is 0.815. The molecule has 0 unspecified atom stereocenters. The molecule has 0 aliphatic carbocycles. The van der Waals surface area contributed by atoms with Crippen molar-refractivity contribution in [3.05, 3.63) is 12.2 Å². The van der Waals surface area contributed by atoms with Gasteiger partial charge >= 0.3 is 0 Å². The summed E-state index contributed by atoms with van der Waals surface area (Å²) in [6, 6.07) is -0.457. The van der Waals surface area contributed by atoms with E-state index in [9.17, 15) is 14.4 Å². The number of rotatable bonds is 6. The Bertz CT molecular complexity index is 756. The van der Waals surface area contributed by atoms with E-state index in [-0.39, 0.29) is 35.6 Å². The van der Waals surface area contributed by atoms with E-state index in [0.29, 0.717) is 71.6 Å². The van der Waals surface area contributed by atoms with Crippen LogP contribution < -0.4 is 10.6 Å². The first-order chi connectivity index (χ1) is 16.8. The van der Waals surface area contributed by atoms with Gasteiger partial charge in [-0.15, -0.1) is 0 Å². The molecule has 35 heavy (non-hydrogen) atoms. The quantitative estimate of drug-likeness (QED) is 0.558. The average Bonchev–Trinajstić information content (AvgIpc) is 2.83. The molecule has 2 fully saturated rings. The summed E-state index contributed by atoms with van der Waals surface area (Å²) in [5, 5.41) is 6.39. The standard InChI is InChI=1S/C27H46N4O4/c1-5-31(6-2)24(32)18-30-14-12-27(13-15-30)11-8-7-9-21-19-35-16-10-22(21)28-25(33)23(17-20(3)4)29-26(27)34/h7-8,20-23H,5-6,9-19H2,1-4H3,(H,28,33)(H,29,34)/b8-7-/t21-,22+,23-/m1/s1. The van der Waals surface area contributed by atoms with E-state index < -0.39 is 11.5 Å². The largest absolute Gasteiger partial charge is 0.381 e. The van der Waals surface area contributed by atoms with Gasteiger partial charge in [0, 0.05) is 31.7 Å². The highest BCUT2D eigenvalue weighted by Gasteiger charge is 2.42. The van der Waals surface area contributed by atoms with Gasteiger partial charge in [-0.2, -0.15) is 0 Å². The molecular weight excluding hydrogens is 444 g/mol. The lowest BCUT2D eigenvalue weighted by atomic mass is 9.74. The van der Waals surface area contributed by atoms with Crippen molar-refractivity contribution in [3.63, 3.8) is 0 Å². The fourth-order valence-electron chi connectivity index (χ4n) is 5.63. The predicted octanol–water partition coefficient (Wildman–Crippen LogP) is 2.34. The number of nitrogens with zero attached hydrogens (tertiary/aromatic N) is 2. The Labute approximate surface area is 211 Å². The number of nitrogens with one attached hydrogen (secondary N) is 2. The lowest BCUT2D eigenvalue weighted by molar-refractivity contribution is -0.139. The zero-order valence-electron chi connectivity index (χ0n) is 22.2. The molecule has 0 aromatic heterocycles. The van der Waals surface area contributed by atoms with Crippen LogP contribution in [0.4, 0.5) is 0 Å². The second kappa shape index (κ2) is 12.9. The van der Waals surface area contributed by atoms with Crippen molar-refractivity contribution in [2.24, 2.45) is 17.3 Å². The molecule has 3 rings (SSSR count). The van der Waals surface area contributed by atoms with Crippen molar-refractivity contribution in [1.29, 1.82) is 0 Å². The van der Waals surface area contributed by atoms with Crippen LogP contribution in [0.5, 0.6) is 0 Å². The Balaban J connectivity index is 1.75. The Kier molecular flexibility index (Phi) is 10.2. The summed E-state index contributed by atoms with van der Waals surface area (Å²) in [4.78, 5) is 43.6. The second-order valence-corrected chi connectivity index (χ2v) is 10.9. The molecule has 0 radical (unpaired) electrons. The predicted molar refractivity (Wildman–Crippen MR) is 137 cm³/mol. The smallest absolute Gasteiger partial charge is 0.242 e. The van der Waals surface area contributed by atoms with Crippen LogP contribution in [0.2, 0.25) is 0 Å². The molecule has 0 aromatic rings. The number of allylic oxidation sites excluding steroid dienone is 2. The van der Waals surface area contributed by atoms with Crippen molar-refractivity contribution < 1.29 is 19.1 Å². The number of ether oxygens (including phenoxy) is 1. The monoisotopic (exact) mass is 490 g/mol. The Morgan fingerprint density at radius 1 is 1.17 bits per heavy atom. The molecule has 2 saturated heterocycles. The van der Waals surface area contributed by atoms with Crippen LogP contribution in [0.3, 0.4) is 0 Å². The summed E-state index contributed by atoms with van der Waals surface area (Å²) in [5.74, 6) is 0.579. The van der Waals surface area contributed by atoms with Gasteiger partial charge < -0.3 is 20.3 Å². The molecule has 3 aliphatic heterocycles. The lowest BCUT2D eigenvalue weighted by Gasteiger charge is -2.41. The zero-order chi connectivity index (χ0) is 25.4. The van der Waals surface area contributed by atoms with Crippen LogP contribution in [-0.4, -0.2) is 85.5 Å². The van der Waals surface area contributed by atoms with Gasteiger partial charge in [0.2, 0.25) is 17.7 Å². The molecule has 0 bridgehead atoms. The molecule has 3 amide bonds. The van der Waals surface area contributed by atoms with E-state index in [1.165, 1.54) is 0 Å². The zero-order valence-corrected chi connectivity index (χ0v) is 22.2. The van der Waals surface area contributed by atoms with E-state index >= 15 is 0 Å². The van der Waals surface area contributed by atoms with Crippen molar-refractivity contribution in [1.82, 2.24) is 20.4 Å². The summed E-state index contributed by atoms with van der Waals surface area (Å²) < 4.78 is 5.70. The van der Waals surface area contributed by atoms with Crippen LogP contribution in [0, 0.1) is 17.3 Å². The summed E-state index contributed by atoms with van der Waals surface area (Å²) in [7, 11) is 0. The number of likely N-dealkylation sites (tertiary alicyclic amines) is 1. The topological polar surface area (TPSA) is 91.0 Å². The van der Waals surface area contributed by atoms with Crippen molar-refractivity contribution in [2.45, 2.75) is 78.3 Å². The van der Waals surface area contributed by atoms with Gasteiger partial charge in [0.05, 0.1) is 18.6 Å². The van der Waals surface area contributed by atoms with Gasteiger partial charge in [-0.1, -0.05) is 26.0 Å². The highest BCUT2D eigenvalue weighted by atomic mass is 16.5. The minimum Gasteiger partial charge on any atom is -0.381 e. The van der Waals surface area contributed by atoms with Gasteiger partial charge in [0.15, 0.2) is 0 Å². The normalized spacial score (nSPS) is 28.9. The minimum atomic E-state index is -0.553. The van der Waals surface area contributed by atoms with Crippen LogP contribution in [0.25, 0.3) is 0 Å². The number of carbonyl (C=O) groups excluding carboxylic acids is 3. The van der Waals surface area contributed by atoms with Gasteiger partial charge in [0.25, 0.3) is 0 Å². The lowest BCUT2D eigenvalue weighted by Crippen LogP contribution is -2.57. The van der Waals surface area contributed by atoms with Crippen LogP contribution in [-0.2, 0) is 19.1 Å². The van der Waals surface area contributed by atoms with Crippen LogP contribution in [0.15, 0.2) is 12.2 Å². The first-order valence-electron chi connectivity index (χ1n) is 13.6. The highest BCUT2D eigenvalue weighted by Crippen LogP contribution is 2.37. The first-order valence-corrected chi connectivity index (χ1v) is 13.6. The van der Waals surface area contributed by atoms with E-state index in [1.54, 1.807) is 0 Å². The number of fused-ring (bicyclic) bond motifs is 1. The third kappa shape index (κ3) is 7.29. The number of piperidine rings is 1. The summed E-state index contributed by atoms with van der Waals surface area (Å²) in [6.45, 7) is 12.7. The second-order valence-electron chi connectivity index (χ2n) is 10.9. The third-order valence-electron chi connectivity index (χ3n) is 8.01. The molecule has 3 atom stereocenters. The molecule has 8 nitrogen and oxygen atoms in total. The summed E-state index contributed by atoms with van der Waals surface area (Å²) in [5.41, 5.74) is -0.553. The minimum absolute atomic E-state index is 0.0261. The highest BCUT2D eigenvalue weighted by molar-refractivity contribution is 5.90. The molecule has 0 saturated carbocycles. The molecular formula is C27H46N4O4. The maximum atomic E-state index is 13.7.